The number of nitrogens with zero attached hydrogens (tertiary/aromatic N) is 1. The van der Waals surface area contributed by atoms with Crippen LogP contribution in [0.2, 0.25) is 10.0 Å². The molecule has 0 fully saturated rings. The Morgan fingerprint density at radius 1 is 1.11 bits per heavy atom. The Bertz CT molecular complexity index is 538. The van der Waals surface area contributed by atoms with Crippen molar-refractivity contribution in [2.24, 2.45) is 0 Å². The van der Waals surface area contributed by atoms with Crippen molar-refractivity contribution in [2.45, 2.75) is 6.54 Å². The number of hydrogen-bond acceptors (Lipinski definition) is 2. The molecular formula is C13H10Cl2N2O. The second-order valence-corrected chi connectivity index (χ2v) is 4.46. The van der Waals surface area contributed by atoms with Crippen LogP contribution < -0.4 is 5.32 Å². The van der Waals surface area contributed by atoms with Gasteiger partial charge in [-0.15, -0.1) is 0 Å². The van der Waals surface area contributed by atoms with E-state index in [1.54, 1.807) is 0 Å². The lowest BCUT2D eigenvalue weighted by molar-refractivity contribution is 0.0951. The van der Waals surface area contributed by atoms with Crippen LogP contribution in [-0.2, 0) is 6.54 Å². The summed E-state index contributed by atoms with van der Waals surface area (Å²) in [5.74, 6) is -0.309. The lowest BCUT2D eigenvalue weighted by Crippen LogP contribution is -2.23. The second-order valence-electron chi connectivity index (χ2n) is 3.65. The summed E-state index contributed by atoms with van der Waals surface area (Å²) in [5.41, 5.74) is 1.26. The topological polar surface area (TPSA) is 42.0 Å². The van der Waals surface area contributed by atoms with E-state index in [1.165, 1.54) is 12.4 Å². The van der Waals surface area contributed by atoms with Crippen LogP contribution in [0.5, 0.6) is 0 Å². The highest BCUT2D eigenvalue weighted by atomic mass is 35.5. The molecule has 1 N–H and O–H groups in total. The fourth-order valence-corrected chi connectivity index (χ4v) is 2.03. The molecule has 2 rings (SSSR count). The molecule has 3 nitrogen and oxygen atoms in total. The van der Waals surface area contributed by atoms with Crippen molar-refractivity contribution >= 4 is 29.1 Å². The minimum atomic E-state index is -0.309. The Hall–Kier alpha value is -1.58. The number of carbonyl (C=O) groups excluding carboxylic acids is 1. The maximum Gasteiger partial charge on any atom is 0.254 e. The molecule has 0 spiro atoms. The monoisotopic (exact) mass is 280 g/mol. The van der Waals surface area contributed by atoms with E-state index in [1.807, 2.05) is 30.3 Å². The summed E-state index contributed by atoms with van der Waals surface area (Å²) in [7, 11) is 0. The van der Waals surface area contributed by atoms with Crippen LogP contribution >= 0.6 is 23.2 Å². The maximum atomic E-state index is 12.0. The molecule has 1 aromatic heterocycles. The summed E-state index contributed by atoms with van der Waals surface area (Å²) in [4.78, 5) is 15.8. The Balaban J connectivity index is 2.09. The highest BCUT2D eigenvalue weighted by Crippen LogP contribution is 2.22. The van der Waals surface area contributed by atoms with Gasteiger partial charge < -0.3 is 5.32 Å². The van der Waals surface area contributed by atoms with Gasteiger partial charge >= 0.3 is 0 Å². The van der Waals surface area contributed by atoms with Gasteiger partial charge in [0.25, 0.3) is 5.91 Å². The first-order valence-corrected chi connectivity index (χ1v) is 6.05. The third-order valence-corrected chi connectivity index (χ3v) is 2.95. The summed E-state index contributed by atoms with van der Waals surface area (Å²) in [6.07, 6.45) is 2.79. The Morgan fingerprint density at radius 2 is 1.72 bits per heavy atom. The van der Waals surface area contributed by atoms with E-state index < -0.39 is 0 Å². The van der Waals surface area contributed by atoms with Gasteiger partial charge in [-0.05, 0) is 5.56 Å². The predicted molar refractivity (Wildman–Crippen MR) is 71.9 cm³/mol. The molecule has 0 atom stereocenters. The van der Waals surface area contributed by atoms with Gasteiger partial charge in [0.15, 0.2) is 0 Å². The van der Waals surface area contributed by atoms with E-state index in [2.05, 4.69) is 10.3 Å². The van der Waals surface area contributed by atoms with Crippen LogP contribution in [0.3, 0.4) is 0 Å². The largest absolute Gasteiger partial charge is 0.348 e. The van der Waals surface area contributed by atoms with Crippen LogP contribution in [0, 0.1) is 0 Å². The van der Waals surface area contributed by atoms with E-state index in [0.717, 1.165) is 5.56 Å². The normalized spacial score (nSPS) is 10.1. The second kappa shape index (κ2) is 5.85. The average Bonchev–Trinajstić information content (AvgIpc) is 2.37. The minimum absolute atomic E-state index is 0.244. The standard InChI is InChI=1S/C13H10Cl2N2O/c14-10-7-16-8-11(15)12(10)13(18)17-6-9-4-2-1-3-5-9/h1-5,7-8H,6H2,(H,17,18). The van der Waals surface area contributed by atoms with Gasteiger partial charge in [0.1, 0.15) is 0 Å². The van der Waals surface area contributed by atoms with Gasteiger partial charge in [0, 0.05) is 18.9 Å². The lowest BCUT2D eigenvalue weighted by atomic mass is 10.2. The van der Waals surface area contributed by atoms with Gasteiger partial charge in [-0.25, -0.2) is 0 Å². The number of aromatic nitrogens is 1. The third-order valence-electron chi connectivity index (χ3n) is 2.38. The van der Waals surface area contributed by atoms with Crippen molar-refractivity contribution < 1.29 is 4.79 Å². The summed E-state index contributed by atoms with van der Waals surface area (Å²) in [6.45, 7) is 0.425. The van der Waals surface area contributed by atoms with Crippen LogP contribution in [0.25, 0.3) is 0 Å². The van der Waals surface area contributed by atoms with Crippen molar-refractivity contribution in [3.05, 3.63) is 63.9 Å². The number of rotatable bonds is 3. The van der Waals surface area contributed by atoms with Gasteiger partial charge in [-0.2, -0.15) is 0 Å². The maximum absolute atomic E-state index is 12.0. The lowest BCUT2D eigenvalue weighted by Gasteiger charge is -2.07. The summed E-state index contributed by atoms with van der Waals surface area (Å²) >= 11 is 11.8. The number of carbonyl (C=O) groups is 1. The molecule has 0 aliphatic carbocycles. The molecule has 5 heteroatoms. The number of pyridine rings is 1. The number of hydrogen-bond donors (Lipinski definition) is 1. The zero-order valence-electron chi connectivity index (χ0n) is 9.36. The molecule has 1 amide bonds. The Morgan fingerprint density at radius 3 is 2.33 bits per heavy atom. The average molecular weight is 281 g/mol. The quantitative estimate of drug-likeness (QED) is 0.937. The fraction of sp³-hybridized carbons (Fsp3) is 0.0769. The van der Waals surface area contributed by atoms with Gasteiger partial charge in [-0.1, -0.05) is 53.5 Å². The molecule has 0 radical (unpaired) electrons. The number of nitrogens with one attached hydrogen (secondary N) is 1. The first-order chi connectivity index (χ1) is 8.68. The molecule has 1 heterocycles. The molecule has 0 aliphatic rings. The Kier molecular flexibility index (Phi) is 4.18. The van der Waals surface area contributed by atoms with E-state index in [9.17, 15) is 4.79 Å². The van der Waals surface area contributed by atoms with Crippen molar-refractivity contribution in [3.8, 4) is 0 Å². The molecule has 18 heavy (non-hydrogen) atoms. The molecule has 0 aliphatic heterocycles. The molecule has 0 saturated carbocycles. The first kappa shape index (κ1) is 12.9. The van der Waals surface area contributed by atoms with Crippen LogP contribution in [0.1, 0.15) is 15.9 Å². The SMILES string of the molecule is O=C(NCc1ccccc1)c1c(Cl)cncc1Cl. The van der Waals surface area contributed by atoms with Crippen LogP contribution in [-0.4, -0.2) is 10.9 Å². The third kappa shape index (κ3) is 3.00. The zero-order chi connectivity index (χ0) is 13.0. The summed E-state index contributed by atoms with van der Waals surface area (Å²) < 4.78 is 0. The molecular weight excluding hydrogens is 271 g/mol. The summed E-state index contributed by atoms with van der Waals surface area (Å²) in [5, 5.41) is 3.25. The molecule has 0 saturated heterocycles. The fourth-order valence-electron chi connectivity index (χ4n) is 1.49. The van der Waals surface area contributed by atoms with Crippen molar-refractivity contribution in [1.82, 2.24) is 10.3 Å². The van der Waals surface area contributed by atoms with E-state index in [-0.39, 0.29) is 21.5 Å². The van der Waals surface area contributed by atoms with E-state index in [0.29, 0.717) is 6.54 Å². The molecule has 0 bridgehead atoms. The zero-order valence-corrected chi connectivity index (χ0v) is 10.9. The smallest absolute Gasteiger partial charge is 0.254 e. The van der Waals surface area contributed by atoms with Gasteiger partial charge in [0.2, 0.25) is 0 Å². The number of benzene rings is 1. The van der Waals surface area contributed by atoms with Crippen molar-refractivity contribution in [1.29, 1.82) is 0 Å². The molecule has 92 valence electrons. The predicted octanol–water partition coefficient (Wildman–Crippen LogP) is 3.32. The van der Waals surface area contributed by atoms with Crippen molar-refractivity contribution in [2.75, 3.05) is 0 Å². The van der Waals surface area contributed by atoms with Gasteiger partial charge in [0.05, 0.1) is 15.6 Å². The summed E-state index contributed by atoms with van der Waals surface area (Å²) in [6, 6.07) is 9.59. The number of amides is 1. The van der Waals surface area contributed by atoms with Gasteiger partial charge in [-0.3, -0.25) is 9.78 Å². The van der Waals surface area contributed by atoms with Crippen molar-refractivity contribution in [3.63, 3.8) is 0 Å². The van der Waals surface area contributed by atoms with Crippen LogP contribution in [0.4, 0.5) is 0 Å². The molecule has 1 aromatic carbocycles. The molecule has 2 aromatic rings. The van der Waals surface area contributed by atoms with Crippen LogP contribution in [0.15, 0.2) is 42.7 Å². The Labute approximate surface area is 115 Å². The van der Waals surface area contributed by atoms with E-state index in [4.69, 9.17) is 23.2 Å². The first-order valence-electron chi connectivity index (χ1n) is 5.29. The molecule has 0 unspecified atom stereocenters. The number of halogens is 2. The highest BCUT2D eigenvalue weighted by molar-refractivity contribution is 6.39. The van der Waals surface area contributed by atoms with E-state index >= 15 is 0 Å². The highest BCUT2D eigenvalue weighted by Gasteiger charge is 2.14. The minimum Gasteiger partial charge on any atom is -0.348 e.